The molecule has 23 heavy (non-hydrogen) atoms. The van der Waals surface area contributed by atoms with E-state index in [4.69, 9.17) is 4.74 Å². The highest BCUT2D eigenvalue weighted by Crippen LogP contribution is 2.30. The summed E-state index contributed by atoms with van der Waals surface area (Å²) in [4.78, 5) is 26.5. The molecule has 1 aromatic carbocycles. The third-order valence-electron chi connectivity index (χ3n) is 4.04. The smallest absolute Gasteiger partial charge is 0.348 e. The Morgan fingerprint density at radius 1 is 1.09 bits per heavy atom. The van der Waals surface area contributed by atoms with E-state index in [1.54, 1.807) is 35.2 Å². The van der Waals surface area contributed by atoms with Crippen molar-refractivity contribution in [3.05, 3.63) is 52.7 Å². The summed E-state index contributed by atoms with van der Waals surface area (Å²) < 4.78 is 5.79. The van der Waals surface area contributed by atoms with E-state index in [1.807, 2.05) is 17.5 Å². The minimum Gasteiger partial charge on any atom is -0.478 e. The number of likely N-dealkylation sites (tertiary alicyclic amines) is 1. The Morgan fingerprint density at radius 3 is 2.35 bits per heavy atom. The number of hydrogen-bond donors (Lipinski definition) is 1. The van der Waals surface area contributed by atoms with Gasteiger partial charge >= 0.3 is 5.97 Å². The van der Waals surface area contributed by atoms with Gasteiger partial charge in [-0.3, -0.25) is 4.79 Å². The second-order valence-electron chi connectivity index (χ2n) is 5.48. The van der Waals surface area contributed by atoms with Gasteiger partial charge in [0.05, 0.1) is 4.88 Å². The second-order valence-corrected chi connectivity index (χ2v) is 6.43. The lowest BCUT2D eigenvalue weighted by Crippen LogP contribution is -2.54. The highest BCUT2D eigenvalue weighted by atomic mass is 32.1. The average molecular weight is 331 g/mol. The number of carbonyl (C=O) groups excluding carboxylic acids is 1. The van der Waals surface area contributed by atoms with Crippen LogP contribution in [-0.2, 0) is 4.79 Å². The van der Waals surface area contributed by atoms with Crippen LogP contribution in [0, 0.1) is 0 Å². The number of benzene rings is 1. The summed E-state index contributed by atoms with van der Waals surface area (Å²) in [5.41, 5.74) is -1.27. The molecule has 0 unspecified atom stereocenters. The predicted molar refractivity (Wildman–Crippen MR) is 86.9 cm³/mol. The van der Waals surface area contributed by atoms with E-state index >= 15 is 0 Å². The molecule has 2 heterocycles. The van der Waals surface area contributed by atoms with Gasteiger partial charge in [-0.05, 0) is 23.6 Å². The standard InChI is InChI=1S/C17H17NO4S/c19-15(14-7-4-12-23-14)18-10-8-17(9-11-18,16(20)21)22-13-5-2-1-3-6-13/h1-7,12H,8-11H2,(H,20,21). The summed E-state index contributed by atoms with van der Waals surface area (Å²) in [7, 11) is 0. The van der Waals surface area contributed by atoms with Gasteiger partial charge in [0.2, 0.25) is 5.60 Å². The van der Waals surface area contributed by atoms with Gasteiger partial charge in [-0.25, -0.2) is 4.79 Å². The molecule has 0 spiro atoms. The lowest BCUT2D eigenvalue weighted by Gasteiger charge is -2.38. The fourth-order valence-corrected chi connectivity index (χ4v) is 3.39. The zero-order chi connectivity index (χ0) is 16.3. The molecular formula is C17H17NO4S. The van der Waals surface area contributed by atoms with Crippen LogP contribution in [0.5, 0.6) is 5.75 Å². The fourth-order valence-electron chi connectivity index (χ4n) is 2.70. The summed E-state index contributed by atoms with van der Waals surface area (Å²) >= 11 is 1.39. The number of carbonyl (C=O) groups is 2. The minimum atomic E-state index is -1.27. The number of carboxylic acid groups (broad SMARTS) is 1. The van der Waals surface area contributed by atoms with Gasteiger partial charge in [0, 0.05) is 25.9 Å². The van der Waals surface area contributed by atoms with Crippen LogP contribution in [0.25, 0.3) is 0 Å². The van der Waals surface area contributed by atoms with Gasteiger partial charge in [-0.15, -0.1) is 11.3 Å². The Morgan fingerprint density at radius 2 is 1.78 bits per heavy atom. The highest BCUT2D eigenvalue weighted by molar-refractivity contribution is 7.12. The first kappa shape index (κ1) is 15.6. The maximum Gasteiger partial charge on any atom is 0.348 e. The molecule has 1 aliphatic heterocycles. The van der Waals surface area contributed by atoms with Crippen LogP contribution >= 0.6 is 11.3 Å². The van der Waals surface area contributed by atoms with E-state index in [1.165, 1.54) is 11.3 Å². The average Bonchev–Trinajstić information content (AvgIpc) is 3.10. The third-order valence-corrected chi connectivity index (χ3v) is 4.89. The summed E-state index contributed by atoms with van der Waals surface area (Å²) in [5, 5.41) is 11.5. The lowest BCUT2D eigenvalue weighted by atomic mass is 9.91. The number of hydrogen-bond acceptors (Lipinski definition) is 4. The molecule has 120 valence electrons. The van der Waals surface area contributed by atoms with Crippen molar-refractivity contribution >= 4 is 23.2 Å². The van der Waals surface area contributed by atoms with Crippen molar-refractivity contribution < 1.29 is 19.4 Å². The van der Waals surface area contributed by atoms with Crippen LogP contribution in [0.1, 0.15) is 22.5 Å². The van der Waals surface area contributed by atoms with E-state index in [9.17, 15) is 14.7 Å². The Hall–Kier alpha value is -2.34. The van der Waals surface area contributed by atoms with Gasteiger partial charge in [0.1, 0.15) is 5.75 Å². The molecule has 1 N–H and O–H groups in total. The molecule has 1 aromatic heterocycles. The molecule has 6 heteroatoms. The second kappa shape index (κ2) is 6.42. The first-order valence-corrected chi connectivity index (χ1v) is 8.29. The summed E-state index contributed by atoms with van der Waals surface area (Å²) in [5.74, 6) is -0.490. The number of piperidine rings is 1. The number of rotatable bonds is 4. The first-order valence-electron chi connectivity index (χ1n) is 7.41. The Labute approximate surface area is 138 Å². The van der Waals surface area contributed by atoms with Crippen LogP contribution in [0.2, 0.25) is 0 Å². The fraction of sp³-hybridized carbons (Fsp3) is 0.294. The Balaban J connectivity index is 1.71. The van der Waals surface area contributed by atoms with E-state index in [0.717, 1.165) is 0 Å². The molecule has 0 bridgehead atoms. The SMILES string of the molecule is O=C(c1cccs1)N1CCC(Oc2ccccc2)(C(=O)O)CC1. The van der Waals surface area contributed by atoms with Crippen molar-refractivity contribution in [2.45, 2.75) is 18.4 Å². The number of aliphatic carboxylic acids is 1. The largest absolute Gasteiger partial charge is 0.478 e. The number of ether oxygens (including phenoxy) is 1. The van der Waals surface area contributed by atoms with Crippen molar-refractivity contribution in [3.63, 3.8) is 0 Å². The lowest BCUT2D eigenvalue weighted by molar-refractivity contribution is -0.159. The number of thiophene rings is 1. The zero-order valence-corrected chi connectivity index (χ0v) is 13.3. The van der Waals surface area contributed by atoms with Crippen molar-refractivity contribution in [1.82, 2.24) is 4.90 Å². The Kier molecular flexibility index (Phi) is 4.34. The van der Waals surface area contributed by atoms with Crippen LogP contribution in [-0.4, -0.2) is 40.6 Å². The van der Waals surface area contributed by atoms with Crippen molar-refractivity contribution in [3.8, 4) is 5.75 Å². The Bertz CT molecular complexity index is 676. The summed E-state index contributed by atoms with van der Waals surface area (Å²) in [6, 6.07) is 12.6. The monoisotopic (exact) mass is 331 g/mol. The zero-order valence-electron chi connectivity index (χ0n) is 12.5. The van der Waals surface area contributed by atoms with Crippen molar-refractivity contribution in [1.29, 1.82) is 0 Å². The van der Waals surface area contributed by atoms with Crippen LogP contribution in [0.15, 0.2) is 47.8 Å². The summed E-state index contributed by atoms with van der Waals surface area (Å²) in [6.07, 6.45) is 0.544. The molecule has 1 amide bonds. The third kappa shape index (κ3) is 3.22. The molecule has 0 atom stereocenters. The van der Waals surface area contributed by atoms with Gasteiger partial charge in [-0.1, -0.05) is 24.3 Å². The van der Waals surface area contributed by atoms with E-state index in [-0.39, 0.29) is 18.7 Å². The maximum absolute atomic E-state index is 12.3. The molecule has 0 radical (unpaired) electrons. The minimum absolute atomic E-state index is 0.0429. The van der Waals surface area contributed by atoms with Crippen molar-refractivity contribution in [2.24, 2.45) is 0 Å². The van der Waals surface area contributed by atoms with Crippen molar-refractivity contribution in [2.75, 3.05) is 13.1 Å². The molecule has 1 saturated heterocycles. The van der Waals surface area contributed by atoms with E-state index in [2.05, 4.69) is 0 Å². The van der Waals surface area contributed by atoms with Crippen LogP contribution in [0.4, 0.5) is 0 Å². The highest BCUT2D eigenvalue weighted by Gasteiger charge is 2.45. The molecule has 2 aromatic rings. The van der Waals surface area contributed by atoms with Gasteiger partial charge in [0.15, 0.2) is 0 Å². The van der Waals surface area contributed by atoms with Gasteiger partial charge in [-0.2, -0.15) is 0 Å². The van der Waals surface area contributed by atoms with E-state index < -0.39 is 11.6 Å². The van der Waals surface area contributed by atoms with Gasteiger partial charge < -0.3 is 14.7 Å². The first-order chi connectivity index (χ1) is 11.1. The quantitative estimate of drug-likeness (QED) is 0.935. The van der Waals surface area contributed by atoms with Crippen LogP contribution in [0.3, 0.4) is 0 Å². The topological polar surface area (TPSA) is 66.8 Å². The normalized spacial score (nSPS) is 16.8. The predicted octanol–water partition coefficient (Wildman–Crippen LogP) is 2.89. The van der Waals surface area contributed by atoms with E-state index in [0.29, 0.717) is 23.7 Å². The molecule has 3 rings (SSSR count). The van der Waals surface area contributed by atoms with Crippen LogP contribution < -0.4 is 4.74 Å². The number of nitrogens with zero attached hydrogens (tertiary/aromatic N) is 1. The number of para-hydroxylation sites is 1. The molecular weight excluding hydrogens is 314 g/mol. The molecule has 1 aliphatic rings. The molecule has 5 nitrogen and oxygen atoms in total. The van der Waals surface area contributed by atoms with Gasteiger partial charge in [0.25, 0.3) is 5.91 Å². The number of carboxylic acids is 1. The molecule has 0 saturated carbocycles. The molecule has 0 aliphatic carbocycles. The molecule has 1 fully saturated rings. The summed E-state index contributed by atoms with van der Waals surface area (Å²) in [6.45, 7) is 0.742. The number of amides is 1. The maximum atomic E-state index is 12.3.